The second-order valence-electron chi connectivity index (χ2n) is 7.01. The summed E-state index contributed by atoms with van der Waals surface area (Å²) in [5, 5.41) is 0.530. The van der Waals surface area contributed by atoms with E-state index in [4.69, 9.17) is 9.47 Å². The van der Waals surface area contributed by atoms with Crippen LogP contribution in [0.15, 0.2) is 52.4 Å². The number of hydrogen-bond donors (Lipinski definition) is 0. The van der Waals surface area contributed by atoms with Crippen LogP contribution in [0.5, 0.6) is 5.75 Å². The van der Waals surface area contributed by atoms with Crippen LogP contribution in [0.1, 0.15) is 29.8 Å². The minimum atomic E-state index is -0.434. The lowest BCUT2D eigenvalue weighted by Gasteiger charge is -2.22. The maximum atomic E-state index is 12.8. The molecule has 1 aliphatic rings. The van der Waals surface area contributed by atoms with E-state index in [0.29, 0.717) is 27.1 Å². The van der Waals surface area contributed by atoms with Crippen LogP contribution in [0.3, 0.4) is 0 Å². The van der Waals surface area contributed by atoms with Crippen LogP contribution in [-0.4, -0.2) is 56.3 Å². The van der Waals surface area contributed by atoms with Crippen molar-refractivity contribution in [1.29, 1.82) is 0 Å². The Hall–Kier alpha value is -3.26. The molecule has 0 bridgehead atoms. The summed E-state index contributed by atoms with van der Waals surface area (Å²) >= 11 is 1.28. The molecule has 1 heterocycles. The largest absolute Gasteiger partial charge is 0.496 e. The van der Waals surface area contributed by atoms with Gasteiger partial charge in [0, 0.05) is 37.5 Å². The summed E-state index contributed by atoms with van der Waals surface area (Å²) in [5.41, 5.74) is 2.86. The normalized spacial score (nSPS) is 16.0. The molecule has 1 saturated heterocycles. The van der Waals surface area contributed by atoms with Crippen molar-refractivity contribution >= 4 is 46.3 Å². The van der Waals surface area contributed by atoms with Gasteiger partial charge in [0.05, 0.1) is 30.4 Å². The standard InChI is InChI=1S/C24H27N3O4S/c1-6-27(7-2)19-12-11-16(20(15-19)30-4)14-21-22(28)26(3)24(32-21)25-18-10-8-9-17(13-18)23(29)31-5/h8-15H,6-7H2,1-5H3. The minimum Gasteiger partial charge on any atom is -0.496 e. The number of carbonyl (C=O) groups is 2. The Morgan fingerprint density at radius 2 is 1.91 bits per heavy atom. The van der Waals surface area contributed by atoms with Gasteiger partial charge < -0.3 is 14.4 Å². The fraction of sp³-hybridized carbons (Fsp3) is 0.292. The van der Waals surface area contributed by atoms with Gasteiger partial charge in [-0.15, -0.1) is 0 Å². The zero-order chi connectivity index (χ0) is 23.3. The average Bonchev–Trinajstić information content (AvgIpc) is 3.07. The number of esters is 1. The fourth-order valence-corrected chi connectivity index (χ4v) is 4.31. The van der Waals surface area contributed by atoms with Crippen molar-refractivity contribution in [2.45, 2.75) is 13.8 Å². The summed E-state index contributed by atoms with van der Waals surface area (Å²) < 4.78 is 10.3. The van der Waals surface area contributed by atoms with Crippen LogP contribution in [-0.2, 0) is 9.53 Å². The topological polar surface area (TPSA) is 71.4 Å². The molecule has 8 heteroatoms. The number of ether oxygens (including phenoxy) is 2. The number of amides is 1. The third-order valence-electron chi connectivity index (χ3n) is 5.13. The molecule has 168 valence electrons. The van der Waals surface area contributed by atoms with Gasteiger partial charge in [-0.2, -0.15) is 0 Å². The smallest absolute Gasteiger partial charge is 0.337 e. The van der Waals surface area contributed by atoms with Crippen molar-refractivity contribution in [1.82, 2.24) is 4.90 Å². The molecule has 1 aliphatic heterocycles. The summed E-state index contributed by atoms with van der Waals surface area (Å²) in [4.78, 5) is 33.4. The predicted octanol–water partition coefficient (Wildman–Crippen LogP) is 4.56. The van der Waals surface area contributed by atoms with Crippen molar-refractivity contribution in [3.05, 3.63) is 58.5 Å². The van der Waals surface area contributed by atoms with Crippen LogP contribution < -0.4 is 9.64 Å². The lowest BCUT2D eigenvalue weighted by Crippen LogP contribution is -2.23. The zero-order valence-corrected chi connectivity index (χ0v) is 19.7. The van der Waals surface area contributed by atoms with Crippen molar-refractivity contribution in [3.63, 3.8) is 0 Å². The molecule has 0 spiro atoms. The highest BCUT2D eigenvalue weighted by molar-refractivity contribution is 8.18. The highest BCUT2D eigenvalue weighted by Crippen LogP contribution is 2.35. The van der Waals surface area contributed by atoms with E-state index in [2.05, 4.69) is 23.7 Å². The van der Waals surface area contributed by atoms with Gasteiger partial charge in [-0.05, 0) is 62.0 Å². The molecule has 0 N–H and O–H groups in total. The van der Waals surface area contributed by atoms with Gasteiger partial charge in [-0.1, -0.05) is 6.07 Å². The van der Waals surface area contributed by atoms with Gasteiger partial charge in [-0.25, -0.2) is 9.79 Å². The molecule has 32 heavy (non-hydrogen) atoms. The van der Waals surface area contributed by atoms with Crippen LogP contribution in [0.25, 0.3) is 6.08 Å². The molecule has 2 aromatic carbocycles. The van der Waals surface area contributed by atoms with Gasteiger partial charge in [0.2, 0.25) is 0 Å². The maximum absolute atomic E-state index is 12.8. The quantitative estimate of drug-likeness (QED) is 0.452. The van der Waals surface area contributed by atoms with Crippen LogP contribution >= 0.6 is 11.8 Å². The molecule has 0 aliphatic carbocycles. The van der Waals surface area contributed by atoms with E-state index in [1.165, 1.54) is 23.8 Å². The van der Waals surface area contributed by atoms with E-state index in [1.54, 1.807) is 38.4 Å². The first-order valence-corrected chi connectivity index (χ1v) is 11.1. The van der Waals surface area contributed by atoms with E-state index in [0.717, 1.165) is 24.3 Å². The molecule has 0 saturated carbocycles. The molecular formula is C24H27N3O4S. The summed E-state index contributed by atoms with van der Waals surface area (Å²) in [6.07, 6.45) is 1.82. The van der Waals surface area contributed by atoms with Gasteiger partial charge >= 0.3 is 5.97 Å². The highest BCUT2D eigenvalue weighted by atomic mass is 32.2. The molecule has 3 rings (SSSR count). The number of likely N-dealkylation sites (N-methyl/N-ethyl adjacent to an activating group) is 1. The molecule has 0 unspecified atom stereocenters. The molecule has 0 aromatic heterocycles. The molecule has 1 fully saturated rings. The Balaban J connectivity index is 1.90. The molecule has 0 atom stereocenters. The van der Waals surface area contributed by atoms with E-state index in [9.17, 15) is 9.59 Å². The predicted molar refractivity (Wildman–Crippen MR) is 130 cm³/mol. The number of methoxy groups -OCH3 is 2. The van der Waals surface area contributed by atoms with Crippen molar-refractivity contribution in [3.8, 4) is 5.75 Å². The Labute approximate surface area is 192 Å². The number of nitrogens with zero attached hydrogens (tertiary/aromatic N) is 3. The summed E-state index contributed by atoms with van der Waals surface area (Å²) in [6.45, 7) is 6.01. The van der Waals surface area contributed by atoms with Gasteiger partial charge in [0.15, 0.2) is 5.17 Å². The number of amidine groups is 1. The van der Waals surface area contributed by atoms with E-state index in [1.807, 2.05) is 24.3 Å². The second-order valence-corrected chi connectivity index (χ2v) is 8.02. The number of aliphatic imine (C=N–C) groups is 1. The van der Waals surface area contributed by atoms with E-state index < -0.39 is 5.97 Å². The Morgan fingerprint density at radius 1 is 1.16 bits per heavy atom. The monoisotopic (exact) mass is 453 g/mol. The number of anilines is 1. The van der Waals surface area contributed by atoms with Crippen LogP contribution in [0.4, 0.5) is 11.4 Å². The molecular weight excluding hydrogens is 426 g/mol. The number of carbonyl (C=O) groups excluding carboxylic acids is 2. The molecule has 7 nitrogen and oxygen atoms in total. The molecule has 1 amide bonds. The highest BCUT2D eigenvalue weighted by Gasteiger charge is 2.30. The Bertz CT molecular complexity index is 1080. The first-order valence-electron chi connectivity index (χ1n) is 10.3. The molecule has 2 aromatic rings. The van der Waals surface area contributed by atoms with Crippen LogP contribution in [0.2, 0.25) is 0 Å². The third kappa shape index (κ3) is 4.96. The van der Waals surface area contributed by atoms with Crippen molar-refractivity contribution in [2.24, 2.45) is 4.99 Å². The first-order chi connectivity index (χ1) is 15.4. The Kier molecular flexibility index (Phi) is 7.58. The second kappa shape index (κ2) is 10.4. The lowest BCUT2D eigenvalue weighted by atomic mass is 10.1. The van der Waals surface area contributed by atoms with Gasteiger partial charge in [0.1, 0.15) is 5.75 Å². The third-order valence-corrected chi connectivity index (χ3v) is 6.19. The van der Waals surface area contributed by atoms with Gasteiger partial charge in [-0.3, -0.25) is 9.69 Å². The van der Waals surface area contributed by atoms with Crippen molar-refractivity contribution in [2.75, 3.05) is 39.3 Å². The van der Waals surface area contributed by atoms with Gasteiger partial charge in [0.25, 0.3) is 5.91 Å². The van der Waals surface area contributed by atoms with Crippen LogP contribution in [0, 0.1) is 0 Å². The maximum Gasteiger partial charge on any atom is 0.337 e. The zero-order valence-electron chi connectivity index (χ0n) is 18.9. The summed E-state index contributed by atoms with van der Waals surface area (Å²) in [6, 6.07) is 12.8. The van der Waals surface area contributed by atoms with E-state index >= 15 is 0 Å². The minimum absolute atomic E-state index is 0.146. The SMILES string of the molecule is CCN(CC)c1ccc(C=C2SC(=Nc3cccc(C(=O)OC)c3)N(C)C2=O)c(OC)c1. The first kappa shape index (κ1) is 23.4. The average molecular weight is 454 g/mol. The number of hydrogen-bond acceptors (Lipinski definition) is 7. The number of thioether (sulfide) groups is 1. The fourth-order valence-electron chi connectivity index (χ4n) is 3.33. The van der Waals surface area contributed by atoms with E-state index in [-0.39, 0.29) is 5.91 Å². The number of rotatable bonds is 7. The molecule has 0 radical (unpaired) electrons. The summed E-state index contributed by atoms with van der Waals surface area (Å²) in [5.74, 6) is 0.123. The lowest BCUT2D eigenvalue weighted by molar-refractivity contribution is -0.121. The Morgan fingerprint density at radius 3 is 2.56 bits per heavy atom. The summed E-state index contributed by atoms with van der Waals surface area (Å²) in [7, 11) is 4.64. The number of benzene rings is 2. The van der Waals surface area contributed by atoms with Crippen molar-refractivity contribution < 1.29 is 19.1 Å².